The highest BCUT2D eigenvalue weighted by Crippen LogP contribution is 2.39. The first-order chi connectivity index (χ1) is 12.1. The van der Waals surface area contributed by atoms with Gasteiger partial charge in [-0.2, -0.15) is 0 Å². The van der Waals surface area contributed by atoms with E-state index in [0.29, 0.717) is 11.5 Å². The molecule has 1 atom stereocenters. The lowest BCUT2D eigenvalue weighted by Crippen LogP contribution is -2.11. The Bertz CT molecular complexity index is 886. The minimum absolute atomic E-state index is 0.0508. The summed E-state index contributed by atoms with van der Waals surface area (Å²) in [7, 11) is 3.30. The Kier molecular flexibility index (Phi) is 4.74. The predicted octanol–water partition coefficient (Wildman–Crippen LogP) is 4.19. The summed E-state index contributed by atoms with van der Waals surface area (Å²) in [5.41, 5.74) is 4.18. The van der Waals surface area contributed by atoms with Crippen molar-refractivity contribution in [2.45, 2.75) is 26.8 Å². The van der Waals surface area contributed by atoms with Crippen molar-refractivity contribution < 1.29 is 9.47 Å². The highest BCUT2D eigenvalue weighted by Gasteiger charge is 2.21. The van der Waals surface area contributed by atoms with Crippen LogP contribution in [0.15, 0.2) is 42.9 Å². The smallest absolute Gasteiger partial charge is 0.171 e. The lowest BCUT2D eigenvalue weighted by Gasteiger charge is -2.20. The number of rotatable bonds is 5. The number of aryl methyl sites for hydroxylation is 2. The Balaban J connectivity index is 2.15. The van der Waals surface area contributed by atoms with Gasteiger partial charge in [0.1, 0.15) is 5.82 Å². The maximum atomic E-state index is 5.62. The van der Waals surface area contributed by atoms with Crippen LogP contribution < -0.4 is 9.47 Å². The van der Waals surface area contributed by atoms with E-state index in [-0.39, 0.29) is 6.04 Å². The highest BCUT2D eigenvalue weighted by molar-refractivity contribution is 5.70. The third-order valence-corrected chi connectivity index (χ3v) is 4.40. The van der Waals surface area contributed by atoms with Crippen molar-refractivity contribution in [1.29, 1.82) is 0 Å². The van der Waals surface area contributed by atoms with Gasteiger partial charge in [0.2, 0.25) is 0 Å². The molecule has 0 fully saturated rings. The SMILES string of the molecule is COc1cc(C)cc(-c2nccn2C(C)c2ncccc2C)c1OC. The summed E-state index contributed by atoms with van der Waals surface area (Å²) in [4.78, 5) is 9.15. The van der Waals surface area contributed by atoms with Gasteiger partial charge in [-0.1, -0.05) is 6.07 Å². The molecule has 0 N–H and O–H groups in total. The van der Waals surface area contributed by atoms with E-state index in [1.54, 1.807) is 20.4 Å². The molecule has 0 spiro atoms. The molecule has 25 heavy (non-hydrogen) atoms. The van der Waals surface area contributed by atoms with Crippen LogP contribution in [0.3, 0.4) is 0 Å². The van der Waals surface area contributed by atoms with Crippen LogP contribution in [0.25, 0.3) is 11.4 Å². The molecule has 3 aromatic rings. The van der Waals surface area contributed by atoms with Gasteiger partial charge in [-0.25, -0.2) is 4.98 Å². The van der Waals surface area contributed by atoms with Crippen LogP contribution in [0.5, 0.6) is 11.5 Å². The van der Waals surface area contributed by atoms with E-state index in [1.165, 1.54) is 0 Å². The van der Waals surface area contributed by atoms with Crippen molar-refractivity contribution in [3.63, 3.8) is 0 Å². The second kappa shape index (κ2) is 6.97. The predicted molar refractivity (Wildman–Crippen MR) is 98.3 cm³/mol. The zero-order valence-corrected chi connectivity index (χ0v) is 15.3. The molecule has 0 bridgehead atoms. The average Bonchev–Trinajstić information content (AvgIpc) is 3.10. The average molecular weight is 337 g/mol. The van der Waals surface area contributed by atoms with E-state index in [2.05, 4.69) is 40.5 Å². The zero-order chi connectivity index (χ0) is 18.0. The van der Waals surface area contributed by atoms with Gasteiger partial charge in [0.15, 0.2) is 11.5 Å². The molecule has 3 rings (SSSR count). The first-order valence-electron chi connectivity index (χ1n) is 8.24. The standard InChI is InChI=1S/C20H23N3O2/c1-13-11-16(19(25-5)17(12-13)24-4)20-22-9-10-23(20)15(3)18-14(2)7-6-8-21-18/h6-12,15H,1-5H3. The summed E-state index contributed by atoms with van der Waals surface area (Å²) >= 11 is 0. The van der Waals surface area contributed by atoms with Gasteiger partial charge in [-0.15, -0.1) is 0 Å². The summed E-state index contributed by atoms with van der Waals surface area (Å²) < 4.78 is 13.2. The Morgan fingerprint density at radius 2 is 1.84 bits per heavy atom. The van der Waals surface area contributed by atoms with Gasteiger partial charge in [0, 0.05) is 18.6 Å². The molecule has 0 radical (unpaired) electrons. The molecule has 0 aliphatic heterocycles. The Morgan fingerprint density at radius 3 is 2.52 bits per heavy atom. The molecule has 5 nitrogen and oxygen atoms in total. The quantitative estimate of drug-likeness (QED) is 0.700. The molecule has 2 aromatic heterocycles. The van der Waals surface area contributed by atoms with Gasteiger partial charge < -0.3 is 14.0 Å². The van der Waals surface area contributed by atoms with Crippen molar-refractivity contribution >= 4 is 0 Å². The van der Waals surface area contributed by atoms with Crippen LogP contribution in [-0.2, 0) is 0 Å². The van der Waals surface area contributed by atoms with Crippen molar-refractivity contribution in [3.8, 4) is 22.9 Å². The van der Waals surface area contributed by atoms with Gasteiger partial charge >= 0.3 is 0 Å². The maximum absolute atomic E-state index is 5.62. The Morgan fingerprint density at radius 1 is 1.04 bits per heavy atom. The Labute approximate surface area is 148 Å². The maximum Gasteiger partial charge on any atom is 0.171 e. The molecule has 0 saturated heterocycles. The molecular weight excluding hydrogens is 314 g/mol. The minimum atomic E-state index is 0.0508. The van der Waals surface area contributed by atoms with E-state index in [0.717, 1.165) is 28.2 Å². The third kappa shape index (κ3) is 3.09. The van der Waals surface area contributed by atoms with Crippen LogP contribution in [0.2, 0.25) is 0 Å². The van der Waals surface area contributed by atoms with Crippen molar-refractivity contribution in [2.24, 2.45) is 0 Å². The third-order valence-electron chi connectivity index (χ3n) is 4.40. The molecule has 1 unspecified atom stereocenters. The summed E-state index contributed by atoms with van der Waals surface area (Å²) in [6.45, 7) is 6.23. The molecule has 0 saturated carbocycles. The lowest BCUT2D eigenvalue weighted by atomic mass is 10.1. The second-order valence-corrected chi connectivity index (χ2v) is 6.09. The number of hydrogen-bond donors (Lipinski definition) is 0. The fraction of sp³-hybridized carbons (Fsp3) is 0.300. The molecule has 5 heteroatoms. The number of hydrogen-bond acceptors (Lipinski definition) is 4. The van der Waals surface area contributed by atoms with Crippen molar-refractivity contribution in [2.75, 3.05) is 14.2 Å². The van der Waals surface area contributed by atoms with E-state index in [1.807, 2.05) is 31.5 Å². The van der Waals surface area contributed by atoms with Gasteiger partial charge in [-0.05, 0) is 50.1 Å². The first-order valence-corrected chi connectivity index (χ1v) is 8.24. The van der Waals surface area contributed by atoms with E-state index in [9.17, 15) is 0 Å². The highest BCUT2D eigenvalue weighted by atomic mass is 16.5. The number of imidazole rings is 1. The number of ether oxygens (including phenoxy) is 2. The molecule has 2 heterocycles. The van der Waals surface area contributed by atoms with E-state index >= 15 is 0 Å². The molecule has 130 valence electrons. The second-order valence-electron chi connectivity index (χ2n) is 6.09. The summed E-state index contributed by atoms with van der Waals surface area (Å²) in [5.74, 6) is 2.22. The number of aromatic nitrogens is 3. The molecular formula is C20H23N3O2. The number of pyridine rings is 1. The van der Waals surface area contributed by atoms with Crippen LogP contribution >= 0.6 is 0 Å². The van der Waals surface area contributed by atoms with E-state index < -0.39 is 0 Å². The van der Waals surface area contributed by atoms with E-state index in [4.69, 9.17) is 9.47 Å². The number of nitrogens with zero attached hydrogens (tertiary/aromatic N) is 3. The van der Waals surface area contributed by atoms with Crippen molar-refractivity contribution in [1.82, 2.24) is 14.5 Å². The zero-order valence-electron chi connectivity index (χ0n) is 15.3. The minimum Gasteiger partial charge on any atom is -0.493 e. The summed E-state index contributed by atoms with van der Waals surface area (Å²) in [6, 6.07) is 8.11. The van der Waals surface area contributed by atoms with Crippen LogP contribution in [0.1, 0.15) is 29.8 Å². The van der Waals surface area contributed by atoms with Gasteiger partial charge in [-0.3, -0.25) is 4.98 Å². The number of benzene rings is 1. The molecule has 0 amide bonds. The van der Waals surface area contributed by atoms with Crippen LogP contribution in [0, 0.1) is 13.8 Å². The topological polar surface area (TPSA) is 49.2 Å². The molecule has 1 aromatic carbocycles. The lowest BCUT2D eigenvalue weighted by molar-refractivity contribution is 0.355. The number of methoxy groups -OCH3 is 2. The largest absolute Gasteiger partial charge is 0.493 e. The van der Waals surface area contributed by atoms with Crippen LogP contribution in [0.4, 0.5) is 0 Å². The fourth-order valence-electron chi connectivity index (χ4n) is 3.17. The molecule has 0 aliphatic carbocycles. The molecule has 0 aliphatic rings. The van der Waals surface area contributed by atoms with Crippen LogP contribution in [-0.4, -0.2) is 28.8 Å². The Hall–Kier alpha value is -2.82. The monoisotopic (exact) mass is 337 g/mol. The summed E-state index contributed by atoms with van der Waals surface area (Å²) in [5, 5.41) is 0. The summed E-state index contributed by atoms with van der Waals surface area (Å²) in [6.07, 6.45) is 5.60. The van der Waals surface area contributed by atoms with Crippen molar-refractivity contribution in [3.05, 3.63) is 59.7 Å². The fourth-order valence-corrected chi connectivity index (χ4v) is 3.17. The van der Waals surface area contributed by atoms with Gasteiger partial charge in [0.05, 0.1) is 31.5 Å². The van der Waals surface area contributed by atoms with Gasteiger partial charge in [0.25, 0.3) is 0 Å². The first kappa shape index (κ1) is 17.0. The normalized spacial score (nSPS) is 12.0.